The van der Waals surface area contributed by atoms with E-state index in [1.807, 2.05) is 11.8 Å². The lowest BCUT2D eigenvalue weighted by Gasteiger charge is -2.24. The first-order valence-electron chi connectivity index (χ1n) is 6.08. The van der Waals surface area contributed by atoms with Gasteiger partial charge in [-0.2, -0.15) is 0 Å². The van der Waals surface area contributed by atoms with Crippen LogP contribution in [0.3, 0.4) is 0 Å². The van der Waals surface area contributed by atoms with Crippen LogP contribution in [0.1, 0.15) is 18.0 Å². The van der Waals surface area contributed by atoms with Crippen LogP contribution >= 0.6 is 11.8 Å². The summed E-state index contributed by atoms with van der Waals surface area (Å²) in [6, 6.07) is 2.94. The molecule has 1 aromatic heterocycles. The van der Waals surface area contributed by atoms with E-state index in [0.717, 1.165) is 13.1 Å². The number of aryl methyl sites for hydroxylation is 1. The number of likely N-dealkylation sites (N-methyl/N-ethyl adjacent to an activating group) is 1. The van der Waals surface area contributed by atoms with Gasteiger partial charge >= 0.3 is 0 Å². The van der Waals surface area contributed by atoms with Crippen LogP contribution < -0.4 is 5.32 Å². The van der Waals surface area contributed by atoms with Gasteiger partial charge in [0.25, 0.3) is 0 Å². The van der Waals surface area contributed by atoms with E-state index in [2.05, 4.69) is 34.1 Å². The van der Waals surface area contributed by atoms with Crippen molar-refractivity contribution in [2.24, 2.45) is 0 Å². The number of nitrogens with one attached hydrogen (secondary N) is 1. The molecule has 3 nitrogen and oxygen atoms in total. The Morgan fingerprint density at radius 3 is 3.25 bits per heavy atom. The van der Waals surface area contributed by atoms with Gasteiger partial charge in [-0.3, -0.25) is 4.90 Å². The molecule has 0 saturated carbocycles. The Kier molecular flexibility index (Phi) is 2.96. The third kappa shape index (κ3) is 1.90. The molecule has 2 aliphatic heterocycles. The van der Waals surface area contributed by atoms with Crippen molar-refractivity contribution >= 4 is 11.8 Å². The third-order valence-electron chi connectivity index (χ3n) is 3.58. The molecule has 1 saturated heterocycles. The number of nitrogens with zero attached hydrogens (tertiary/aromatic N) is 2. The third-order valence-corrected chi connectivity index (χ3v) is 4.61. The van der Waals surface area contributed by atoms with Crippen LogP contribution in [-0.4, -0.2) is 41.9 Å². The summed E-state index contributed by atoms with van der Waals surface area (Å²) >= 11 is 1.98. The Morgan fingerprint density at radius 1 is 1.44 bits per heavy atom. The molecule has 16 heavy (non-hydrogen) atoms. The molecule has 0 bridgehead atoms. The number of thioether (sulfide) groups is 1. The minimum atomic E-state index is 0.557. The molecule has 3 heterocycles. The maximum absolute atomic E-state index is 3.53. The van der Waals surface area contributed by atoms with E-state index in [-0.39, 0.29) is 0 Å². The lowest BCUT2D eigenvalue weighted by atomic mass is 10.1. The molecule has 1 atom stereocenters. The SMILES string of the molecule is CN1CCCNCC1c1cc2n(c1)CCS2. The van der Waals surface area contributed by atoms with Gasteiger partial charge in [0.1, 0.15) is 0 Å². The molecule has 3 rings (SSSR count). The van der Waals surface area contributed by atoms with Gasteiger partial charge in [-0.1, -0.05) is 0 Å². The number of rotatable bonds is 1. The van der Waals surface area contributed by atoms with E-state index in [0.29, 0.717) is 6.04 Å². The second-order valence-corrected chi connectivity index (χ2v) is 5.82. The fourth-order valence-corrected chi connectivity index (χ4v) is 3.64. The molecule has 2 aliphatic rings. The van der Waals surface area contributed by atoms with E-state index in [9.17, 15) is 0 Å². The van der Waals surface area contributed by atoms with Crippen LogP contribution in [0.2, 0.25) is 0 Å². The zero-order valence-electron chi connectivity index (χ0n) is 9.78. The zero-order valence-corrected chi connectivity index (χ0v) is 10.6. The number of aromatic nitrogens is 1. The molecule has 0 aromatic carbocycles. The van der Waals surface area contributed by atoms with Crippen molar-refractivity contribution in [2.45, 2.75) is 24.0 Å². The highest BCUT2D eigenvalue weighted by Gasteiger charge is 2.22. The predicted molar refractivity (Wildman–Crippen MR) is 68.0 cm³/mol. The lowest BCUT2D eigenvalue weighted by molar-refractivity contribution is 0.261. The molecule has 1 fully saturated rings. The fraction of sp³-hybridized carbons (Fsp3) is 0.667. The lowest BCUT2D eigenvalue weighted by Crippen LogP contribution is -2.29. The largest absolute Gasteiger partial charge is 0.342 e. The highest BCUT2D eigenvalue weighted by Crippen LogP contribution is 2.31. The Bertz CT molecular complexity index is 353. The predicted octanol–water partition coefficient (Wildman–Crippen LogP) is 1.56. The Balaban J connectivity index is 1.83. The summed E-state index contributed by atoms with van der Waals surface area (Å²) in [5.74, 6) is 1.24. The van der Waals surface area contributed by atoms with Crippen molar-refractivity contribution in [1.82, 2.24) is 14.8 Å². The quantitative estimate of drug-likeness (QED) is 0.800. The minimum Gasteiger partial charge on any atom is -0.342 e. The summed E-state index contributed by atoms with van der Waals surface area (Å²) in [5, 5.41) is 4.98. The molecule has 0 amide bonds. The normalized spacial score (nSPS) is 26.7. The Labute approximate surface area is 101 Å². The average molecular weight is 237 g/mol. The molecular weight excluding hydrogens is 218 g/mol. The first kappa shape index (κ1) is 10.7. The van der Waals surface area contributed by atoms with Gasteiger partial charge in [-0.05, 0) is 38.2 Å². The van der Waals surface area contributed by atoms with Gasteiger partial charge in [0.05, 0.1) is 5.03 Å². The molecule has 1 aromatic rings. The van der Waals surface area contributed by atoms with Crippen LogP contribution in [0.25, 0.3) is 0 Å². The smallest absolute Gasteiger partial charge is 0.0752 e. The summed E-state index contributed by atoms with van der Waals surface area (Å²) in [6.45, 7) is 4.63. The van der Waals surface area contributed by atoms with Crippen LogP contribution in [0.4, 0.5) is 0 Å². The highest BCUT2D eigenvalue weighted by atomic mass is 32.2. The molecule has 1 unspecified atom stereocenters. The second kappa shape index (κ2) is 4.43. The van der Waals surface area contributed by atoms with Crippen LogP contribution in [-0.2, 0) is 6.54 Å². The van der Waals surface area contributed by atoms with Gasteiger partial charge in [0, 0.05) is 31.1 Å². The average Bonchev–Trinajstić information content (AvgIpc) is 2.77. The van der Waals surface area contributed by atoms with Crippen LogP contribution in [0.5, 0.6) is 0 Å². The summed E-state index contributed by atoms with van der Waals surface area (Å²) in [7, 11) is 2.24. The number of hydrogen-bond donors (Lipinski definition) is 1. The minimum absolute atomic E-state index is 0.557. The van der Waals surface area contributed by atoms with E-state index in [1.165, 1.54) is 35.9 Å². The molecule has 0 spiro atoms. The van der Waals surface area contributed by atoms with Gasteiger partial charge in [-0.15, -0.1) is 11.8 Å². The standard InChI is InChI=1S/C12H19N3S/c1-14-4-2-3-13-8-11(14)10-7-12-15(9-10)5-6-16-12/h7,9,11,13H,2-6,8H2,1H3. The van der Waals surface area contributed by atoms with Crippen molar-refractivity contribution in [2.75, 3.05) is 32.4 Å². The van der Waals surface area contributed by atoms with E-state index < -0.39 is 0 Å². The fourth-order valence-electron chi connectivity index (χ4n) is 2.61. The molecular formula is C12H19N3S. The van der Waals surface area contributed by atoms with Crippen molar-refractivity contribution in [3.8, 4) is 0 Å². The van der Waals surface area contributed by atoms with Gasteiger partial charge in [0.2, 0.25) is 0 Å². The van der Waals surface area contributed by atoms with Crippen molar-refractivity contribution in [1.29, 1.82) is 0 Å². The van der Waals surface area contributed by atoms with E-state index >= 15 is 0 Å². The van der Waals surface area contributed by atoms with Crippen molar-refractivity contribution in [3.05, 3.63) is 17.8 Å². The maximum atomic E-state index is 3.53. The van der Waals surface area contributed by atoms with Crippen molar-refractivity contribution < 1.29 is 0 Å². The molecule has 4 heteroatoms. The van der Waals surface area contributed by atoms with Crippen molar-refractivity contribution in [3.63, 3.8) is 0 Å². The Morgan fingerprint density at radius 2 is 2.38 bits per heavy atom. The first-order chi connectivity index (χ1) is 7.84. The maximum Gasteiger partial charge on any atom is 0.0752 e. The van der Waals surface area contributed by atoms with Gasteiger partial charge in [0.15, 0.2) is 0 Å². The molecule has 88 valence electrons. The zero-order chi connectivity index (χ0) is 11.0. The Hall–Kier alpha value is -0.450. The molecule has 0 aliphatic carbocycles. The van der Waals surface area contributed by atoms with E-state index in [1.54, 1.807) is 0 Å². The monoisotopic (exact) mass is 237 g/mol. The highest BCUT2D eigenvalue weighted by molar-refractivity contribution is 7.99. The van der Waals surface area contributed by atoms with Gasteiger partial charge in [-0.25, -0.2) is 0 Å². The van der Waals surface area contributed by atoms with Crippen LogP contribution in [0.15, 0.2) is 17.3 Å². The molecule has 1 N–H and O–H groups in total. The number of hydrogen-bond acceptors (Lipinski definition) is 3. The topological polar surface area (TPSA) is 20.2 Å². The van der Waals surface area contributed by atoms with Gasteiger partial charge < -0.3 is 9.88 Å². The summed E-state index contributed by atoms with van der Waals surface area (Å²) in [6.07, 6.45) is 3.61. The molecule has 0 radical (unpaired) electrons. The summed E-state index contributed by atoms with van der Waals surface area (Å²) in [5.41, 5.74) is 1.49. The van der Waals surface area contributed by atoms with Crippen LogP contribution in [0, 0.1) is 0 Å². The number of fused-ring (bicyclic) bond motifs is 1. The first-order valence-corrected chi connectivity index (χ1v) is 7.07. The second-order valence-electron chi connectivity index (χ2n) is 4.71. The van der Waals surface area contributed by atoms with E-state index in [4.69, 9.17) is 0 Å². The summed E-state index contributed by atoms with van der Waals surface area (Å²) in [4.78, 5) is 2.48. The summed E-state index contributed by atoms with van der Waals surface area (Å²) < 4.78 is 2.40.